The average molecular weight is 386 g/mol. The Kier molecular flexibility index (Phi) is 3.24. The van der Waals surface area contributed by atoms with Gasteiger partial charge in [0, 0.05) is 5.56 Å². The van der Waals surface area contributed by atoms with Gasteiger partial charge < -0.3 is 0 Å². The Labute approximate surface area is 166 Å². The molecule has 2 aromatic carbocycles. The standard InChI is InChI=1S/C23H18N2O2S/c1-12-2-9-18-17(10-12)24-21(28-18)13-5-7-16(8-6-13)25-22(26)19-14-3-4-15(11-14)20(19)23(25)27/h2-10,14-15,19-20H,11H2,1H3. The van der Waals surface area contributed by atoms with E-state index < -0.39 is 0 Å². The second-order valence-corrected chi connectivity index (χ2v) is 9.08. The molecule has 1 aliphatic heterocycles. The van der Waals surface area contributed by atoms with Crippen LogP contribution in [0.3, 0.4) is 0 Å². The maximum Gasteiger partial charge on any atom is 0.238 e. The lowest BCUT2D eigenvalue weighted by molar-refractivity contribution is -0.123. The molecule has 1 aromatic heterocycles. The molecule has 2 fully saturated rings. The van der Waals surface area contributed by atoms with E-state index in [0.717, 1.165) is 27.2 Å². The number of nitrogens with zero attached hydrogens (tertiary/aromatic N) is 2. The monoisotopic (exact) mass is 386 g/mol. The fraction of sp³-hybridized carbons (Fsp3) is 0.261. The minimum Gasteiger partial charge on any atom is -0.274 e. The Hall–Kier alpha value is -2.79. The summed E-state index contributed by atoms with van der Waals surface area (Å²) in [6.45, 7) is 2.06. The van der Waals surface area contributed by atoms with E-state index in [1.165, 1.54) is 10.5 Å². The normalized spacial score (nSPS) is 28.0. The Morgan fingerprint density at radius 3 is 2.32 bits per heavy atom. The van der Waals surface area contributed by atoms with Crippen LogP contribution in [0.4, 0.5) is 5.69 Å². The third kappa shape index (κ3) is 2.14. The maximum atomic E-state index is 13.0. The molecule has 28 heavy (non-hydrogen) atoms. The van der Waals surface area contributed by atoms with Crippen molar-refractivity contribution < 1.29 is 9.59 Å². The Morgan fingerprint density at radius 1 is 0.964 bits per heavy atom. The Morgan fingerprint density at radius 2 is 1.64 bits per heavy atom. The summed E-state index contributed by atoms with van der Waals surface area (Å²) in [5, 5.41) is 0.949. The minimum atomic E-state index is -0.158. The minimum absolute atomic E-state index is 0.0323. The second-order valence-electron chi connectivity index (χ2n) is 8.05. The maximum absolute atomic E-state index is 13.0. The van der Waals surface area contributed by atoms with Gasteiger partial charge in [0.05, 0.1) is 27.7 Å². The van der Waals surface area contributed by atoms with Crippen molar-refractivity contribution in [3.05, 3.63) is 60.2 Å². The number of fused-ring (bicyclic) bond motifs is 6. The van der Waals surface area contributed by atoms with Gasteiger partial charge in [0.2, 0.25) is 11.8 Å². The van der Waals surface area contributed by atoms with Crippen LogP contribution in [0.15, 0.2) is 54.6 Å². The van der Waals surface area contributed by atoms with E-state index in [9.17, 15) is 9.59 Å². The first-order valence-corrected chi connectivity index (χ1v) is 10.5. The van der Waals surface area contributed by atoms with Gasteiger partial charge in [-0.2, -0.15) is 0 Å². The summed E-state index contributed by atoms with van der Waals surface area (Å²) in [4.78, 5) is 32.1. The number of imide groups is 1. The van der Waals surface area contributed by atoms with Gasteiger partial charge in [0.15, 0.2) is 0 Å². The van der Waals surface area contributed by atoms with Crippen molar-refractivity contribution in [2.45, 2.75) is 13.3 Å². The van der Waals surface area contributed by atoms with Crippen LogP contribution in [0, 0.1) is 30.6 Å². The quantitative estimate of drug-likeness (QED) is 0.478. The molecular formula is C23H18N2O2S. The smallest absolute Gasteiger partial charge is 0.238 e. The molecule has 0 spiro atoms. The summed E-state index contributed by atoms with van der Waals surface area (Å²) < 4.78 is 1.16. The molecule has 1 saturated carbocycles. The number of amides is 2. The van der Waals surface area contributed by atoms with Crippen LogP contribution in [-0.4, -0.2) is 16.8 Å². The van der Waals surface area contributed by atoms with Crippen LogP contribution in [-0.2, 0) is 9.59 Å². The number of hydrogen-bond acceptors (Lipinski definition) is 4. The summed E-state index contributed by atoms with van der Waals surface area (Å²) in [6, 6.07) is 14.0. The van der Waals surface area contributed by atoms with Gasteiger partial charge in [-0.15, -0.1) is 11.3 Å². The summed E-state index contributed by atoms with van der Waals surface area (Å²) in [5.41, 5.74) is 3.87. The zero-order chi connectivity index (χ0) is 19.0. The lowest BCUT2D eigenvalue weighted by atomic mass is 9.85. The van der Waals surface area contributed by atoms with Crippen LogP contribution >= 0.6 is 11.3 Å². The fourth-order valence-electron chi connectivity index (χ4n) is 5.07. The van der Waals surface area contributed by atoms with Crippen molar-refractivity contribution in [3.8, 4) is 10.6 Å². The zero-order valence-corrected chi connectivity index (χ0v) is 16.1. The van der Waals surface area contributed by atoms with E-state index in [1.54, 1.807) is 11.3 Å². The number of carbonyl (C=O) groups excluding carboxylic acids is 2. The highest BCUT2D eigenvalue weighted by Crippen LogP contribution is 2.53. The van der Waals surface area contributed by atoms with Crippen molar-refractivity contribution in [3.63, 3.8) is 0 Å². The summed E-state index contributed by atoms with van der Waals surface area (Å²) in [6.07, 6.45) is 5.20. The van der Waals surface area contributed by atoms with E-state index in [0.29, 0.717) is 5.69 Å². The van der Waals surface area contributed by atoms with Gasteiger partial charge in [-0.25, -0.2) is 4.98 Å². The summed E-state index contributed by atoms with van der Waals surface area (Å²) in [5.74, 6) is 0.0957. The number of anilines is 1. The zero-order valence-electron chi connectivity index (χ0n) is 15.3. The fourth-order valence-corrected chi connectivity index (χ4v) is 6.02. The SMILES string of the molecule is Cc1ccc2sc(-c3ccc(N4C(=O)C5C6C=CC(C6)C5C4=O)cc3)nc2c1. The summed E-state index contributed by atoms with van der Waals surface area (Å²) in [7, 11) is 0. The molecule has 3 aromatic rings. The van der Waals surface area contributed by atoms with Gasteiger partial charge in [0.25, 0.3) is 0 Å². The first kappa shape index (κ1) is 16.2. The van der Waals surface area contributed by atoms with E-state index in [-0.39, 0.29) is 35.5 Å². The van der Waals surface area contributed by atoms with Gasteiger partial charge in [-0.3, -0.25) is 14.5 Å². The molecule has 3 aliphatic rings. The third-order valence-corrected chi connectivity index (χ3v) is 7.47. The number of carbonyl (C=O) groups is 2. The van der Waals surface area contributed by atoms with E-state index >= 15 is 0 Å². The molecule has 1 saturated heterocycles. The average Bonchev–Trinajstić information content (AvgIpc) is 3.45. The first-order chi connectivity index (χ1) is 13.6. The first-order valence-electron chi connectivity index (χ1n) is 9.64. The number of aryl methyl sites for hydroxylation is 1. The van der Waals surface area contributed by atoms with E-state index in [4.69, 9.17) is 4.98 Å². The third-order valence-electron chi connectivity index (χ3n) is 6.39. The number of benzene rings is 2. The lowest BCUT2D eigenvalue weighted by Crippen LogP contribution is -2.32. The molecule has 138 valence electrons. The largest absolute Gasteiger partial charge is 0.274 e. The Bertz CT molecular complexity index is 1150. The predicted molar refractivity (Wildman–Crippen MR) is 110 cm³/mol. The number of thiazole rings is 1. The number of rotatable bonds is 2. The highest BCUT2D eigenvalue weighted by molar-refractivity contribution is 7.21. The van der Waals surface area contributed by atoms with Crippen LogP contribution < -0.4 is 4.90 Å². The van der Waals surface area contributed by atoms with Gasteiger partial charge in [-0.1, -0.05) is 18.2 Å². The van der Waals surface area contributed by atoms with Crippen LogP contribution in [0.1, 0.15) is 12.0 Å². The molecule has 2 amide bonds. The molecule has 0 radical (unpaired) electrons. The summed E-state index contributed by atoms with van der Waals surface area (Å²) >= 11 is 1.65. The number of hydrogen-bond donors (Lipinski definition) is 0. The molecule has 2 aliphatic carbocycles. The van der Waals surface area contributed by atoms with Crippen LogP contribution in [0.2, 0.25) is 0 Å². The molecule has 2 heterocycles. The predicted octanol–water partition coefficient (Wildman–Crippen LogP) is 4.58. The molecule has 6 rings (SSSR count). The molecule has 4 nitrogen and oxygen atoms in total. The van der Waals surface area contributed by atoms with Crippen molar-refractivity contribution in [2.24, 2.45) is 23.7 Å². The van der Waals surface area contributed by atoms with E-state index in [1.807, 2.05) is 24.3 Å². The highest BCUT2D eigenvalue weighted by atomic mass is 32.1. The van der Waals surface area contributed by atoms with Crippen LogP contribution in [0.25, 0.3) is 20.8 Å². The molecule has 4 unspecified atom stereocenters. The molecule has 5 heteroatoms. The van der Waals surface area contributed by atoms with Gasteiger partial charge in [0.1, 0.15) is 5.01 Å². The molecular weight excluding hydrogens is 368 g/mol. The van der Waals surface area contributed by atoms with Gasteiger partial charge in [-0.05, 0) is 67.1 Å². The number of aromatic nitrogens is 1. The van der Waals surface area contributed by atoms with E-state index in [2.05, 4.69) is 37.3 Å². The topological polar surface area (TPSA) is 50.3 Å². The van der Waals surface area contributed by atoms with Crippen molar-refractivity contribution >= 4 is 39.1 Å². The van der Waals surface area contributed by atoms with Crippen LogP contribution in [0.5, 0.6) is 0 Å². The number of allylic oxidation sites excluding steroid dienone is 2. The van der Waals surface area contributed by atoms with Gasteiger partial charge >= 0.3 is 0 Å². The molecule has 0 N–H and O–H groups in total. The highest BCUT2D eigenvalue weighted by Gasteiger charge is 2.59. The van der Waals surface area contributed by atoms with Crippen molar-refractivity contribution in [1.29, 1.82) is 0 Å². The Balaban J connectivity index is 1.33. The van der Waals surface area contributed by atoms with Crippen molar-refractivity contribution in [1.82, 2.24) is 4.98 Å². The molecule has 2 bridgehead atoms. The second kappa shape index (κ2) is 5.61. The lowest BCUT2D eigenvalue weighted by Gasteiger charge is -2.17. The van der Waals surface area contributed by atoms with Crippen molar-refractivity contribution in [2.75, 3.05) is 4.90 Å². The molecule has 4 atom stereocenters.